The maximum atomic E-state index is 12.8. The molecular formula is C25H30N2O3. The van der Waals surface area contributed by atoms with Gasteiger partial charge in [-0.1, -0.05) is 36.4 Å². The standard InChI is InChI=1S/C25H30N2O3/c1-18-24(25(28)30-17-20-6-4-3-5-7-20)22-16-19(8-9-23(22)26-18)10-13-27(2)21-11-14-29-15-12-21/h3-9,16,21,26H,10-15,17H2,1-2H3. The highest BCUT2D eigenvalue weighted by Crippen LogP contribution is 2.25. The third-order valence-corrected chi connectivity index (χ3v) is 6.03. The number of benzene rings is 2. The maximum Gasteiger partial charge on any atom is 0.340 e. The number of carbonyl (C=O) groups is 1. The SMILES string of the molecule is Cc1[nH]c2ccc(CCN(C)C3CCOCC3)cc2c1C(=O)OCc1ccccc1. The lowest BCUT2D eigenvalue weighted by Gasteiger charge is -2.31. The van der Waals surface area contributed by atoms with Crippen LogP contribution in [0.4, 0.5) is 0 Å². The topological polar surface area (TPSA) is 54.6 Å². The largest absolute Gasteiger partial charge is 0.457 e. The van der Waals surface area contributed by atoms with Gasteiger partial charge >= 0.3 is 5.97 Å². The minimum atomic E-state index is -0.279. The molecule has 0 amide bonds. The van der Waals surface area contributed by atoms with E-state index in [9.17, 15) is 4.79 Å². The van der Waals surface area contributed by atoms with Crippen LogP contribution >= 0.6 is 0 Å². The minimum Gasteiger partial charge on any atom is -0.457 e. The smallest absolute Gasteiger partial charge is 0.340 e. The Labute approximate surface area is 178 Å². The van der Waals surface area contributed by atoms with Crippen molar-refractivity contribution in [2.75, 3.05) is 26.8 Å². The molecule has 1 aliphatic heterocycles. The molecule has 0 spiro atoms. The van der Waals surface area contributed by atoms with Crippen LogP contribution in [0.1, 0.15) is 40.0 Å². The van der Waals surface area contributed by atoms with E-state index in [0.29, 0.717) is 11.6 Å². The molecule has 30 heavy (non-hydrogen) atoms. The van der Waals surface area contributed by atoms with Gasteiger partial charge in [0.2, 0.25) is 0 Å². The van der Waals surface area contributed by atoms with Gasteiger partial charge in [-0.15, -0.1) is 0 Å². The van der Waals surface area contributed by atoms with Crippen LogP contribution < -0.4 is 0 Å². The number of aryl methyl sites for hydroxylation is 1. The molecule has 4 rings (SSSR count). The van der Waals surface area contributed by atoms with Gasteiger partial charge in [0.15, 0.2) is 0 Å². The number of carbonyl (C=O) groups excluding carboxylic acids is 1. The Morgan fingerprint density at radius 1 is 1.13 bits per heavy atom. The van der Waals surface area contributed by atoms with E-state index in [1.165, 1.54) is 5.56 Å². The zero-order valence-electron chi connectivity index (χ0n) is 17.8. The lowest BCUT2D eigenvalue weighted by Crippen LogP contribution is -2.37. The summed E-state index contributed by atoms with van der Waals surface area (Å²) >= 11 is 0. The molecule has 1 aliphatic rings. The number of nitrogens with zero attached hydrogens (tertiary/aromatic N) is 1. The Bertz CT molecular complexity index is 990. The average molecular weight is 407 g/mol. The number of aromatic nitrogens is 1. The molecule has 1 N–H and O–H groups in total. The summed E-state index contributed by atoms with van der Waals surface area (Å²) in [5.41, 5.74) is 4.68. The van der Waals surface area contributed by atoms with E-state index in [1.807, 2.05) is 37.3 Å². The van der Waals surface area contributed by atoms with Gasteiger partial charge in [-0.2, -0.15) is 0 Å². The summed E-state index contributed by atoms with van der Waals surface area (Å²) < 4.78 is 11.1. The van der Waals surface area contributed by atoms with Crippen LogP contribution in [-0.2, 0) is 22.5 Å². The maximum absolute atomic E-state index is 12.8. The molecule has 1 aromatic heterocycles. The summed E-state index contributed by atoms with van der Waals surface area (Å²) in [5.74, 6) is -0.279. The second-order valence-electron chi connectivity index (χ2n) is 8.14. The molecular weight excluding hydrogens is 376 g/mol. The predicted octanol–water partition coefficient (Wildman–Crippen LogP) is 4.49. The summed E-state index contributed by atoms with van der Waals surface area (Å²) in [6.45, 7) is 4.92. The van der Waals surface area contributed by atoms with Crippen LogP contribution in [0.3, 0.4) is 0 Å². The van der Waals surface area contributed by atoms with E-state index in [0.717, 1.165) is 61.2 Å². The molecule has 0 saturated carbocycles. The predicted molar refractivity (Wildman–Crippen MR) is 119 cm³/mol. The number of esters is 1. The highest BCUT2D eigenvalue weighted by molar-refractivity contribution is 6.05. The van der Waals surface area contributed by atoms with E-state index >= 15 is 0 Å². The first-order valence-corrected chi connectivity index (χ1v) is 10.7. The zero-order chi connectivity index (χ0) is 20.9. The van der Waals surface area contributed by atoms with Crippen LogP contribution in [0.2, 0.25) is 0 Å². The number of ether oxygens (including phenoxy) is 2. The van der Waals surface area contributed by atoms with Gasteiger partial charge in [-0.25, -0.2) is 4.79 Å². The Morgan fingerprint density at radius 2 is 1.90 bits per heavy atom. The van der Waals surface area contributed by atoms with Gasteiger partial charge in [-0.3, -0.25) is 0 Å². The first kappa shape index (κ1) is 20.6. The Balaban J connectivity index is 1.45. The van der Waals surface area contributed by atoms with Crippen molar-refractivity contribution in [1.29, 1.82) is 0 Å². The summed E-state index contributed by atoms with van der Waals surface area (Å²) in [4.78, 5) is 18.6. The highest BCUT2D eigenvalue weighted by atomic mass is 16.5. The minimum absolute atomic E-state index is 0.279. The van der Waals surface area contributed by atoms with Crippen molar-refractivity contribution in [3.8, 4) is 0 Å². The summed E-state index contributed by atoms with van der Waals surface area (Å²) in [6.07, 6.45) is 3.15. The number of H-pyrrole nitrogens is 1. The number of likely N-dealkylation sites (N-methyl/N-ethyl adjacent to an activating group) is 1. The van der Waals surface area contributed by atoms with Crippen molar-refractivity contribution >= 4 is 16.9 Å². The van der Waals surface area contributed by atoms with Crippen LogP contribution in [0.15, 0.2) is 48.5 Å². The molecule has 3 aromatic rings. The van der Waals surface area contributed by atoms with E-state index in [2.05, 4.69) is 35.1 Å². The van der Waals surface area contributed by atoms with E-state index < -0.39 is 0 Å². The Morgan fingerprint density at radius 3 is 2.67 bits per heavy atom. The normalized spacial score (nSPS) is 15.0. The number of nitrogens with one attached hydrogen (secondary N) is 1. The van der Waals surface area contributed by atoms with E-state index in [4.69, 9.17) is 9.47 Å². The molecule has 5 heteroatoms. The number of hydrogen-bond donors (Lipinski definition) is 1. The van der Waals surface area contributed by atoms with Gasteiger partial charge in [0.25, 0.3) is 0 Å². The second-order valence-corrected chi connectivity index (χ2v) is 8.14. The van der Waals surface area contributed by atoms with E-state index in [1.54, 1.807) is 0 Å². The summed E-state index contributed by atoms with van der Waals surface area (Å²) in [5, 5.41) is 0.941. The zero-order valence-corrected chi connectivity index (χ0v) is 17.8. The number of fused-ring (bicyclic) bond motifs is 1. The molecule has 1 saturated heterocycles. The molecule has 0 aliphatic carbocycles. The molecule has 5 nitrogen and oxygen atoms in total. The first-order valence-electron chi connectivity index (χ1n) is 10.7. The highest BCUT2D eigenvalue weighted by Gasteiger charge is 2.20. The summed E-state index contributed by atoms with van der Waals surface area (Å²) in [6, 6.07) is 16.7. The molecule has 2 aromatic carbocycles. The molecule has 0 radical (unpaired) electrons. The lowest BCUT2D eigenvalue weighted by atomic mass is 10.0. The van der Waals surface area contributed by atoms with Crippen molar-refractivity contribution in [2.24, 2.45) is 0 Å². The fourth-order valence-corrected chi connectivity index (χ4v) is 4.20. The fraction of sp³-hybridized carbons (Fsp3) is 0.400. The fourth-order valence-electron chi connectivity index (χ4n) is 4.20. The van der Waals surface area contributed by atoms with Crippen LogP contribution in [0.5, 0.6) is 0 Å². The number of hydrogen-bond acceptors (Lipinski definition) is 4. The van der Waals surface area contributed by atoms with Gasteiger partial charge in [0.1, 0.15) is 6.61 Å². The van der Waals surface area contributed by atoms with Crippen LogP contribution in [0, 0.1) is 6.92 Å². The Hall–Kier alpha value is -2.63. The molecule has 2 heterocycles. The third-order valence-electron chi connectivity index (χ3n) is 6.03. The quantitative estimate of drug-likeness (QED) is 0.588. The molecule has 0 unspecified atom stereocenters. The first-order chi connectivity index (χ1) is 14.6. The van der Waals surface area contributed by atoms with Crippen molar-refractivity contribution in [3.63, 3.8) is 0 Å². The van der Waals surface area contributed by atoms with Crippen molar-refractivity contribution in [2.45, 2.75) is 38.8 Å². The molecule has 158 valence electrons. The Kier molecular flexibility index (Phi) is 6.50. The van der Waals surface area contributed by atoms with Gasteiger partial charge in [0.05, 0.1) is 5.56 Å². The van der Waals surface area contributed by atoms with Crippen LogP contribution in [-0.4, -0.2) is 48.7 Å². The lowest BCUT2D eigenvalue weighted by molar-refractivity contribution is 0.0434. The van der Waals surface area contributed by atoms with Crippen LogP contribution in [0.25, 0.3) is 10.9 Å². The van der Waals surface area contributed by atoms with Gasteiger partial charge in [0, 0.05) is 42.4 Å². The van der Waals surface area contributed by atoms with Crippen molar-refractivity contribution in [1.82, 2.24) is 9.88 Å². The monoisotopic (exact) mass is 406 g/mol. The second kappa shape index (κ2) is 9.45. The number of aromatic amines is 1. The molecule has 0 bridgehead atoms. The average Bonchev–Trinajstić information content (AvgIpc) is 3.12. The number of rotatable bonds is 7. The van der Waals surface area contributed by atoms with Gasteiger partial charge < -0.3 is 19.4 Å². The van der Waals surface area contributed by atoms with E-state index in [-0.39, 0.29) is 12.6 Å². The third kappa shape index (κ3) is 4.74. The summed E-state index contributed by atoms with van der Waals surface area (Å²) in [7, 11) is 2.20. The molecule has 0 atom stereocenters. The van der Waals surface area contributed by atoms with Crippen molar-refractivity contribution < 1.29 is 14.3 Å². The molecule has 1 fully saturated rings. The van der Waals surface area contributed by atoms with Crippen molar-refractivity contribution in [3.05, 3.63) is 70.9 Å². The van der Waals surface area contributed by atoms with Gasteiger partial charge in [-0.05, 0) is 56.5 Å².